The molecule has 0 unspecified atom stereocenters. The number of carbonyl (C=O) groups is 2. The van der Waals surface area contributed by atoms with Crippen molar-refractivity contribution in [3.8, 4) is 23.0 Å². The zero-order valence-corrected chi connectivity index (χ0v) is 23.4. The van der Waals surface area contributed by atoms with Crippen molar-refractivity contribution in [3.05, 3.63) is 126 Å². The molecule has 0 spiro atoms. The lowest BCUT2D eigenvalue weighted by molar-refractivity contribution is 0.101. The molecule has 0 atom stereocenters. The Balaban J connectivity index is 0.000000167. The van der Waals surface area contributed by atoms with Crippen LogP contribution >= 0.6 is 12.2 Å². The fourth-order valence-electron chi connectivity index (χ4n) is 4.44. The van der Waals surface area contributed by atoms with Crippen molar-refractivity contribution in [2.75, 3.05) is 27.0 Å². The Hall–Kier alpha value is -5.87. The third-order valence-corrected chi connectivity index (χ3v) is 6.68. The quantitative estimate of drug-likeness (QED) is 0.106. The minimum Gasteiger partial charge on any atom is -0.454 e. The van der Waals surface area contributed by atoms with E-state index in [2.05, 4.69) is 21.3 Å². The van der Waals surface area contributed by atoms with E-state index in [1.807, 2.05) is 66.7 Å². The summed E-state index contributed by atoms with van der Waals surface area (Å²) in [5.74, 6) is 1.82. The number of ether oxygens (including phenoxy) is 2. The molecule has 0 radical (unpaired) electrons. The Morgan fingerprint density at radius 3 is 1.72 bits per heavy atom. The monoisotopic (exact) mass is 587 g/mol. The third kappa shape index (κ3) is 6.24. The van der Waals surface area contributed by atoms with Gasteiger partial charge in [0.15, 0.2) is 16.6 Å². The minimum absolute atomic E-state index is 0.211. The number of nitrogens with two attached hydrogens (primary N) is 1. The van der Waals surface area contributed by atoms with Gasteiger partial charge in [-0.05, 0) is 85.0 Å². The lowest BCUT2D eigenvalue weighted by Crippen LogP contribution is -2.19. The SMILES string of the molecule is Nc1ccc2c(c1)C(=O)Nc1ccccc1O2.O=C1Nc2ccccc2Oc2ccc(NC(=S)Nc3ccccc3)cc21. The van der Waals surface area contributed by atoms with Gasteiger partial charge in [0.1, 0.15) is 11.5 Å². The highest BCUT2D eigenvalue weighted by Crippen LogP contribution is 2.37. The fourth-order valence-corrected chi connectivity index (χ4v) is 4.67. The second-order valence-corrected chi connectivity index (χ2v) is 9.92. The Morgan fingerprint density at radius 2 is 1.09 bits per heavy atom. The number of thiocarbonyl (C=S) groups is 1. The maximum absolute atomic E-state index is 12.5. The van der Waals surface area contributed by atoms with E-state index in [4.69, 9.17) is 27.4 Å². The van der Waals surface area contributed by atoms with Crippen LogP contribution in [0.4, 0.5) is 28.4 Å². The predicted octanol–water partition coefficient (Wildman–Crippen LogP) is 7.48. The van der Waals surface area contributed by atoms with Crippen LogP contribution in [-0.4, -0.2) is 16.9 Å². The Bertz CT molecular complexity index is 1860. The summed E-state index contributed by atoms with van der Waals surface area (Å²) in [6.45, 7) is 0. The summed E-state index contributed by atoms with van der Waals surface area (Å²) >= 11 is 5.33. The average Bonchev–Trinajstić information content (AvgIpc) is 3.24. The highest BCUT2D eigenvalue weighted by molar-refractivity contribution is 7.80. The van der Waals surface area contributed by atoms with E-state index in [0.717, 1.165) is 5.69 Å². The van der Waals surface area contributed by atoms with Crippen molar-refractivity contribution in [3.63, 3.8) is 0 Å². The van der Waals surface area contributed by atoms with Crippen LogP contribution < -0.4 is 36.5 Å². The molecule has 0 aliphatic carbocycles. The fraction of sp³-hybridized carbons (Fsp3) is 0. The first-order valence-electron chi connectivity index (χ1n) is 13.3. The van der Waals surface area contributed by atoms with Gasteiger partial charge in [0, 0.05) is 17.1 Å². The number of nitrogens with one attached hydrogen (secondary N) is 4. The highest BCUT2D eigenvalue weighted by Gasteiger charge is 2.22. The molecule has 5 aromatic carbocycles. The molecular weight excluding hydrogens is 562 g/mol. The molecule has 2 heterocycles. The molecule has 212 valence electrons. The summed E-state index contributed by atoms with van der Waals surface area (Å²) in [6, 6.07) is 34.6. The molecule has 7 rings (SSSR count). The molecular formula is C33H25N5O4S. The normalized spacial score (nSPS) is 12.3. The van der Waals surface area contributed by atoms with Crippen LogP contribution in [0.15, 0.2) is 115 Å². The van der Waals surface area contributed by atoms with Gasteiger partial charge in [-0.3, -0.25) is 9.59 Å². The summed E-state index contributed by atoms with van der Waals surface area (Å²) in [4.78, 5) is 24.5. The molecule has 0 saturated carbocycles. The Labute approximate surface area is 252 Å². The van der Waals surface area contributed by atoms with Crippen LogP contribution in [0.3, 0.4) is 0 Å². The number of amides is 2. The maximum atomic E-state index is 12.5. The lowest BCUT2D eigenvalue weighted by atomic mass is 10.1. The minimum atomic E-state index is -0.226. The number of hydrogen-bond acceptors (Lipinski definition) is 6. The number of nitrogen functional groups attached to an aromatic ring is 1. The molecule has 0 aromatic heterocycles. The number of carbonyl (C=O) groups excluding carboxylic acids is 2. The molecule has 2 amide bonds. The maximum Gasteiger partial charge on any atom is 0.259 e. The van der Waals surface area contributed by atoms with E-state index < -0.39 is 0 Å². The van der Waals surface area contributed by atoms with Crippen molar-refractivity contribution >= 4 is 57.6 Å². The van der Waals surface area contributed by atoms with Gasteiger partial charge in [0.25, 0.3) is 11.8 Å². The van der Waals surface area contributed by atoms with Gasteiger partial charge in [-0.15, -0.1) is 0 Å². The van der Waals surface area contributed by atoms with Crippen LogP contribution in [0.2, 0.25) is 0 Å². The second-order valence-electron chi connectivity index (χ2n) is 9.52. The van der Waals surface area contributed by atoms with E-state index >= 15 is 0 Å². The van der Waals surface area contributed by atoms with Gasteiger partial charge >= 0.3 is 0 Å². The molecule has 2 aliphatic heterocycles. The van der Waals surface area contributed by atoms with Crippen LogP contribution in [0.5, 0.6) is 23.0 Å². The molecule has 10 heteroatoms. The Kier molecular flexibility index (Phi) is 7.58. The molecule has 5 aromatic rings. The largest absolute Gasteiger partial charge is 0.454 e. The second kappa shape index (κ2) is 11.9. The zero-order chi connectivity index (χ0) is 29.8. The van der Waals surface area contributed by atoms with E-state index in [1.165, 1.54) is 0 Å². The van der Waals surface area contributed by atoms with Gasteiger partial charge in [0.05, 0.1) is 22.5 Å². The van der Waals surface area contributed by atoms with Crippen LogP contribution in [0.1, 0.15) is 20.7 Å². The van der Waals surface area contributed by atoms with E-state index in [0.29, 0.717) is 62.0 Å². The van der Waals surface area contributed by atoms with E-state index in [1.54, 1.807) is 48.5 Å². The topological polar surface area (TPSA) is 127 Å². The van der Waals surface area contributed by atoms with Gasteiger partial charge < -0.3 is 36.5 Å². The summed E-state index contributed by atoms with van der Waals surface area (Å²) in [5.41, 5.74) is 9.97. The lowest BCUT2D eigenvalue weighted by Gasteiger charge is -2.12. The summed E-state index contributed by atoms with van der Waals surface area (Å²) < 4.78 is 11.6. The summed E-state index contributed by atoms with van der Waals surface area (Å²) in [7, 11) is 0. The van der Waals surface area contributed by atoms with Crippen molar-refractivity contribution in [1.82, 2.24) is 0 Å². The number of hydrogen-bond donors (Lipinski definition) is 5. The number of para-hydroxylation sites is 5. The van der Waals surface area contributed by atoms with E-state index in [-0.39, 0.29) is 11.8 Å². The van der Waals surface area contributed by atoms with Gasteiger partial charge in [-0.2, -0.15) is 0 Å². The number of fused-ring (bicyclic) bond motifs is 4. The van der Waals surface area contributed by atoms with Gasteiger partial charge in [0.2, 0.25) is 0 Å². The number of rotatable bonds is 2. The molecule has 9 nitrogen and oxygen atoms in total. The summed E-state index contributed by atoms with van der Waals surface area (Å²) in [5, 5.41) is 12.3. The van der Waals surface area contributed by atoms with Crippen molar-refractivity contribution in [1.29, 1.82) is 0 Å². The van der Waals surface area contributed by atoms with Crippen molar-refractivity contribution < 1.29 is 19.1 Å². The van der Waals surface area contributed by atoms with Gasteiger partial charge in [-0.25, -0.2) is 0 Å². The van der Waals surface area contributed by atoms with Gasteiger partial charge in [-0.1, -0.05) is 42.5 Å². The smallest absolute Gasteiger partial charge is 0.259 e. The molecule has 6 N–H and O–H groups in total. The summed E-state index contributed by atoms with van der Waals surface area (Å²) in [6.07, 6.45) is 0. The first-order chi connectivity index (χ1) is 20.9. The Morgan fingerprint density at radius 1 is 0.581 bits per heavy atom. The van der Waals surface area contributed by atoms with Crippen LogP contribution in [-0.2, 0) is 0 Å². The van der Waals surface area contributed by atoms with Crippen molar-refractivity contribution in [2.45, 2.75) is 0 Å². The standard InChI is InChI=1S/C20H15N3O2S.C13H10N2O2/c24-19-15-12-14(22-20(26)21-13-6-2-1-3-7-13)10-11-17(15)25-18-9-5-4-8-16(18)23-19;14-8-5-6-11-9(7-8)13(16)15-10-3-1-2-4-12(10)17-11/h1-12H,(H,23,24)(H2,21,22,26);1-7H,14H2,(H,15,16). The molecule has 43 heavy (non-hydrogen) atoms. The number of anilines is 5. The van der Waals surface area contributed by atoms with E-state index in [9.17, 15) is 9.59 Å². The van der Waals surface area contributed by atoms with Crippen LogP contribution in [0, 0.1) is 0 Å². The molecule has 0 fully saturated rings. The van der Waals surface area contributed by atoms with Crippen LogP contribution in [0.25, 0.3) is 0 Å². The first kappa shape index (κ1) is 27.3. The highest BCUT2D eigenvalue weighted by atomic mass is 32.1. The molecule has 2 aliphatic rings. The zero-order valence-electron chi connectivity index (χ0n) is 22.6. The molecule has 0 saturated heterocycles. The number of benzene rings is 5. The first-order valence-corrected chi connectivity index (χ1v) is 13.7. The average molecular weight is 588 g/mol. The predicted molar refractivity (Wildman–Crippen MR) is 173 cm³/mol. The van der Waals surface area contributed by atoms with Crippen molar-refractivity contribution in [2.24, 2.45) is 0 Å². The molecule has 0 bridgehead atoms. The third-order valence-electron chi connectivity index (χ3n) is 6.47.